The summed E-state index contributed by atoms with van der Waals surface area (Å²) in [6, 6.07) is 11.5. The van der Waals surface area contributed by atoms with Crippen molar-refractivity contribution in [1.82, 2.24) is 15.1 Å². The van der Waals surface area contributed by atoms with Crippen molar-refractivity contribution < 1.29 is 0 Å². The lowest BCUT2D eigenvalue weighted by Crippen LogP contribution is -2.47. The molecule has 0 amide bonds. The van der Waals surface area contributed by atoms with E-state index in [0.29, 0.717) is 6.04 Å². The van der Waals surface area contributed by atoms with Gasteiger partial charge in [0.2, 0.25) is 0 Å². The Labute approximate surface area is 124 Å². The second kappa shape index (κ2) is 8.40. The smallest absolute Gasteiger partial charge is 0.0130 e. The van der Waals surface area contributed by atoms with Gasteiger partial charge >= 0.3 is 0 Å². The monoisotopic (exact) mass is 275 g/mol. The van der Waals surface area contributed by atoms with Crippen LogP contribution in [0, 0.1) is 0 Å². The summed E-state index contributed by atoms with van der Waals surface area (Å²) in [6.07, 6.45) is 2.38. The van der Waals surface area contributed by atoms with Crippen molar-refractivity contribution in [3.63, 3.8) is 0 Å². The van der Waals surface area contributed by atoms with Gasteiger partial charge in [0.05, 0.1) is 0 Å². The third kappa shape index (κ3) is 4.89. The van der Waals surface area contributed by atoms with Crippen molar-refractivity contribution in [2.24, 2.45) is 0 Å². The molecule has 0 aromatic heterocycles. The van der Waals surface area contributed by atoms with Gasteiger partial charge in [0.25, 0.3) is 0 Å². The molecule has 2 rings (SSSR count). The highest BCUT2D eigenvalue weighted by molar-refractivity contribution is 5.15. The van der Waals surface area contributed by atoms with Crippen molar-refractivity contribution >= 4 is 0 Å². The van der Waals surface area contributed by atoms with Crippen LogP contribution < -0.4 is 5.32 Å². The number of nitrogens with zero attached hydrogens (tertiary/aromatic N) is 2. The van der Waals surface area contributed by atoms with Crippen LogP contribution >= 0.6 is 0 Å². The van der Waals surface area contributed by atoms with Crippen molar-refractivity contribution in [2.75, 3.05) is 46.3 Å². The molecule has 1 unspecified atom stereocenters. The highest BCUT2D eigenvalue weighted by atomic mass is 15.2. The van der Waals surface area contributed by atoms with Crippen molar-refractivity contribution in [3.8, 4) is 0 Å². The molecule has 0 aliphatic carbocycles. The van der Waals surface area contributed by atoms with Gasteiger partial charge in [0.15, 0.2) is 0 Å². The Hall–Kier alpha value is -0.900. The van der Waals surface area contributed by atoms with Crippen LogP contribution in [0.5, 0.6) is 0 Å². The van der Waals surface area contributed by atoms with Crippen LogP contribution in [0.4, 0.5) is 0 Å². The van der Waals surface area contributed by atoms with Crippen LogP contribution in [0.1, 0.15) is 18.9 Å². The average molecular weight is 275 g/mol. The maximum Gasteiger partial charge on any atom is 0.0130 e. The lowest BCUT2D eigenvalue weighted by atomic mass is 10.0. The van der Waals surface area contributed by atoms with E-state index in [-0.39, 0.29) is 0 Å². The largest absolute Gasteiger partial charge is 0.314 e. The quantitative estimate of drug-likeness (QED) is 0.819. The molecule has 1 fully saturated rings. The summed E-state index contributed by atoms with van der Waals surface area (Å²) in [5.74, 6) is 0. The number of nitrogens with one attached hydrogen (secondary N) is 1. The van der Waals surface area contributed by atoms with Gasteiger partial charge in [-0.15, -0.1) is 0 Å². The normalized spacial score (nSPS) is 18.4. The van der Waals surface area contributed by atoms with E-state index in [1.807, 2.05) is 0 Å². The number of rotatable bonds is 7. The SMILES string of the molecule is CCC(Cc1ccccc1)N(C)CCN1CCNCC1. The minimum atomic E-state index is 0.653. The summed E-state index contributed by atoms with van der Waals surface area (Å²) in [4.78, 5) is 5.11. The van der Waals surface area contributed by atoms with Gasteiger partial charge in [-0.3, -0.25) is 4.90 Å². The third-order valence-corrected chi connectivity index (χ3v) is 4.39. The number of piperazine rings is 1. The zero-order chi connectivity index (χ0) is 14.2. The van der Waals surface area contributed by atoms with E-state index in [0.717, 1.165) is 19.5 Å². The molecule has 1 aromatic carbocycles. The Morgan fingerprint density at radius 3 is 2.55 bits per heavy atom. The Balaban J connectivity index is 1.77. The summed E-state index contributed by atoms with van der Waals surface area (Å²) >= 11 is 0. The molecule has 20 heavy (non-hydrogen) atoms. The summed E-state index contributed by atoms with van der Waals surface area (Å²) in [5, 5.41) is 3.41. The fourth-order valence-electron chi connectivity index (χ4n) is 2.91. The predicted octanol–water partition coefficient (Wildman–Crippen LogP) is 1.84. The maximum absolute atomic E-state index is 3.41. The van der Waals surface area contributed by atoms with Gasteiger partial charge < -0.3 is 10.2 Å². The first-order valence-corrected chi connectivity index (χ1v) is 7.97. The van der Waals surface area contributed by atoms with Gasteiger partial charge in [-0.05, 0) is 25.5 Å². The van der Waals surface area contributed by atoms with Crippen molar-refractivity contribution in [1.29, 1.82) is 0 Å². The molecule has 1 saturated heterocycles. The first kappa shape index (κ1) is 15.5. The summed E-state index contributed by atoms with van der Waals surface area (Å²) in [6.45, 7) is 9.35. The van der Waals surface area contributed by atoms with Crippen LogP contribution in [0.15, 0.2) is 30.3 Å². The Bertz CT molecular complexity index is 360. The number of likely N-dealkylation sites (N-methyl/N-ethyl adjacent to an activating group) is 1. The van der Waals surface area contributed by atoms with Crippen molar-refractivity contribution in [2.45, 2.75) is 25.8 Å². The lowest BCUT2D eigenvalue weighted by molar-refractivity contribution is 0.173. The predicted molar refractivity (Wildman–Crippen MR) is 86.2 cm³/mol. The van der Waals surface area contributed by atoms with Crippen molar-refractivity contribution in [3.05, 3.63) is 35.9 Å². The summed E-state index contributed by atoms with van der Waals surface area (Å²) < 4.78 is 0. The van der Waals surface area contributed by atoms with Gasteiger partial charge in [-0.2, -0.15) is 0 Å². The fourth-order valence-corrected chi connectivity index (χ4v) is 2.91. The number of hydrogen-bond donors (Lipinski definition) is 1. The number of hydrogen-bond acceptors (Lipinski definition) is 3. The average Bonchev–Trinajstić information content (AvgIpc) is 2.52. The van der Waals surface area contributed by atoms with E-state index >= 15 is 0 Å². The molecule has 1 heterocycles. The second-order valence-corrected chi connectivity index (χ2v) is 5.82. The van der Waals surface area contributed by atoms with E-state index in [4.69, 9.17) is 0 Å². The van der Waals surface area contributed by atoms with Crippen LogP contribution in [0.25, 0.3) is 0 Å². The van der Waals surface area contributed by atoms with Crippen LogP contribution in [-0.2, 0) is 6.42 Å². The molecule has 0 saturated carbocycles. The molecular formula is C17H29N3. The lowest BCUT2D eigenvalue weighted by Gasteiger charge is -2.32. The molecule has 1 atom stereocenters. The highest BCUT2D eigenvalue weighted by Crippen LogP contribution is 2.11. The molecule has 0 bridgehead atoms. The first-order chi connectivity index (χ1) is 9.79. The summed E-state index contributed by atoms with van der Waals surface area (Å²) in [7, 11) is 2.28. The van der Waals surface area contributed by atoms with Gasteiger partial charge in [-0.25, -0.2) is 0 Å². The van der Waals surface area contributed by atoms with Gasteiger partial charge in [0.1, 0.15) is 0 Å². The number of benzene rings is 1. The van der Waals surface area contributed by atoms with Gasteiger partial charge in [-0.1, -0.05) is 37.3 Å². The van der Waals surface area contributed by atoms with Crippen LogP contribution in [0.2, 0.25) is 0 Å². The third-order valence-electron chi connectivity index (χ3n) is 4.39. The molecule has 0 spiro atoms. The molecule has 1 N–H and O–H groups in total. The zero-order valence-corrected chi connectivity index (χ0v) is 13.0. The standard InChI is InChI=1S/C17H29N3/c1-3-17(15-16-7-5-4-6-8-16)19(2)13-14-20-11-9-18-10-12-20/h4-8,17-18H,3,9-15H2,1-2H3. The molecule has 1 aliphatic heterocycles. The molecule has 3 nitrogen and oxygen atoms in total. The highest BCUT2D eigenvalue weighted by Gasteiger charge is 2.15. The Morgan fingerprint density at radius 2 is 1.90 bits per heavy atom. The first-order valence-electron chi connectivity index (χ1n) is 7.97. The fraction of sp³-hybridized carbons (Fsp3) is 0.647. The molecule has 3 heteroatoms. The van der Waals surface area contributed by atoms with E-state index in [1.54, 1.807) is 0 Å². The molecule has 0 radical (unpaired) electrons. The molecule has 1 aliphatic rings. The Kier molecular flexibility index (Phi) is 6.51. The minimum Gasteiger partial charge on any atom is -0.314 e. The molecular weight excluding hydrogens is 246 g/mol. The minimum absolute atomic E-state index is 0.653. The second-order valence-electron chi connectivity index (χ2n) is 5.82. The van der Waals surface area contributed by atoms with E-state index < -0.39 is 0 Å². The van der Waals surface area contributed by atoms with Crippen LogP contribution in [0.3, 0.4) is 0 Å². The topological polar surface area (TPSA) is 18.5 Å². The van der Waals surface area contributed by atoms with E-state index in [2.05, 4.69) is 59.4 Å². The zero-order valence-electron chi connectivity index (χ0n) is 13.0. The molecule has 112 valence electrons. The van der Waals surface area contributed by atoms with Crippen LogP contribution in [-0.4, -0.2) is 62.2 Å². The maximum atomic E-state index is 3.41. The van der Waals surface area contributed by atoms with Gasteiger partial charge in [0, 0.05) is 45.3 Å². The summed E-state index contributed by atoms with van der Waals surface area (Å²) in [5.41, 5.74) is 1.45. The van der Waals surface area contributed by atoms with E-state index in [9.17, 15) is 0 Å². The Morgan fingerprint density at radius 1 is 1.20 bits per heavy atom. The van der Waals surface area contributed by atoms with E-state index in [1.165, 1.54) is 38.2 Å². The molecule has 1 aromatic rings.